The Hall–Kier alpha value is -2.90. The van der Waals surface area contributed by atoms with E-state index in [0.717, 1.165) is 6.07 Å². The predicted molar refractivity (Wildman–Crippen MR) is 73.0 cm³/mol. The molecule has 0 atom stereocenters. The van der Waals surface area contributed by atoms with Crippen LogP contribution >= 0.6 is 0 Å². The zero-order chi connectivity index (χ0) is 15.4. The van der Waals surface area contributed by atoms with Crippen LogP contribution in [0.3, 0.4) is 0 Å². The molecule has 0 saturated carbocycles. The summed E-state index contributed by atoms with van der Waals surface area (Å²) < 4.78 is 9.72. The van der Waals surface area contributed by atoms with E-state index in [1.165, 1.54) is 19.6 Å². The van der Waals surface area contributed by atoms with Crippen LogP contribution in [0.1, 0.15) is 16.1 Å². The second-order valence-electron chi connectivity index (χ2n) is 4.25. The summed E-state index contributed by atoms with van der Waals surface area (Å²) in [6.07, 6.45) is 2.76. The molecule has 2 aromatic heterocycles. The van der Waals surface area contributed by atoms with Crippen LogP contribution in [0.25, 0.3) is 0 Å². The van der Waals surface area contributed by atoms with Crippen LogP contribution in [0.5, 0.6) is 0 Å². The van der Waals surface area contributed by atoms with Crippen molar-refractivity contribution < 1.29 is 18.9 Å². The number of pyridine rings is 1. The number of nitro groups is 1. The number of carbonyl (C=O) groups excluding carboxylic acids is 1. The maximum atomic E-state index is 11.4. The number of ether oxygens (including phenoxy) is 1. The van der Waals surface area contributed by atoms with E-state index in [4.69, 9.17) is 4.42 Å². The first-order valence-electron chi connectivity index (χ1n) is 5.99. The Bertz CT molecular complexity index is 654. The number of methoxy groups -OCH3 is 1. The van der Waals surface area contributed by atoms with Crippen LogP contribution < -0.4 is 4.90 Å². The molecule has 0 spiro atoms. The van der Waals surface area contributed by atoms with Gasteiger partial charge >= 0.3 is 11.7 Å². The Balaban J connectivity index is 2.34. The van der Waals surface area contributed by atoms with E-state index < -0.39 is 10.9 Å². The van der Waals surface area contributed by atoms with Crippen LogP contribution in [-0.4, -0.2) is 30.0 Å². The smallest absolute Gasteiger partial charge is 0.339 e. The molecule has 0 N–H and O–H groups in total. The summed E-state index contributed by atoms with van der Waals surface area (Å²) >= 11 is 0. The van der Waals surface area contributed by atoms with Crippen LogP contribution in [-0.2, 0) is 11.3 Å². The van der Waals surface area contributed by atoms with E-state index in [9.17, 15) is 14.9 Å². The first kappa shape index (κ1) is 14.5. The third-order valence-corrected chi connectivity index (χ3v) is 2.80. The van der Waals surface area contributed by atoms with Gasteiger partial charge < -0.3 is 14.1 Å². The Labute approximate surface area is 120 Å². The standard InChI is InChI=1S/C13H13N3O5/c1-15(8-10-4-3-5-21-10)12-11(16(18)19)6-9(7-14-12)13(17)20-2/h3-7H,8H2,1-2H3. The minimum Gasteiger partial charge on any atom is -0.467 e. The van der Waals surface area contributed by atoms with Crippen molar-refractivity contribution in [3.05, 3.63) is 52.1 Å². The Kier molecular flexibility index (Phi) is 4.17. The molecular formula is C13H13N3O5. The van der Waals surface area contributed by atoms with E-state index in [-0.39, 0.29) is 17.1 Å². The van der Waals surface area contributed by atoms with Crippen molar-refractivity contribution in [1.82, 2.24) is 4.98 Å². The van der Waals surface area contributed by atoms with Crippen LogP contribution in [0.4, 0.5) is 11.5 Å². The molecule has 2 aromatic rings. The fourth-order valence-electron chi connectivity index (χ4n) is 1.82. The summed E-state index contributed by atoms with van der Waals surface area (Å²) in [7, 11) is 2.85. The molecule has 2 rings (SSSR count). The molecule has 0 aromatic carbocycles. The number of furan rings is 1. The molecule has 0 aliphatic heterocycles. The number of carbonyl (C=O) groups is 1. The monoisotopic (exact) mass is 291 g/mol. The Morgan fingerprint density at radius 2 is 2.33 bits per heavy atom. The fraction of sp³-hybridized carbons (Fsp3) is 0.231. The van der Waals surface area contributed by atoms with Gasteiger partial charge in [-0.25, -0.2) is 9.78 Å². The van der Waals surface area contributed by atoms with Gasteiger partial charge in [0.05, 0.1) is 30.4 Å². The summed E-state index contributed by atoms with van der Waals surface area (Å²) in [5.41, 5.74) is -0.244. The number of esters is 1. The van der Waals surface area contributed by atoms with Gasteiger partial charge in [0.1, 0.15) is 5.76 Å². The first-order chi connectivity index (χ1) is 10.0. The summed E-state index contributed by atoms with van der Waals surface area (Å²) in [5, 5.41) is 11.2. The van der Waals surface area contributed by atoms with E-state index in [0.29, 0.717) is 12.3 Å². The van der Waals surface area contributed by atoms with Gasteiger partial charge in [-0.15, -0.1) is 0 Å². The molecule has 0 saturated heterocycles. The lowest BCUT2D eigenvalue weighted by atomic mass is 10.2. The normalized spacial score (nSPS) is 10.2. The molecule has 2 heterocycles. The zero-order valence-corrected chi connectivity index (χ0v) is 11.5. The molecule has 0 aliphatic carbocycles. The van der Waals surface area contributed by atoms with E-state index >= 15 is 0 Å². The number of aromatic nitrogens is 1. The SMILES string of the molecule is COC(=O)c1cnc(N(C)Cc2ccco2)c([N+](=O)[O-])c1. The highest BCUT2D eigenvalue weighted by Gasteiger charge is 2.22. The van der Waals surface area contributed by atoms with Crippen molar-refractivity contribution in [2.24, 2.45) is 0 Å². The lowest BCUT2D eigenvalue weighted by Crippen LogP contribution is -2.19. The van der Waals surface area contributed by atoms with Gasteiger partial charge in [-0.05, 0) is 12.1 Å². The highest BCUT2D eigenvalue weighted by atomic mass is 16.6. The van der Waals surface area contributed by atoms with Crippen molar-refractivity contribution in [2.45, 2.75) is 6.54 Å². The number of rotatable bonds is 5. The molecule has 0 radical (unpaired) electrons. The van der Waals surface area contributed by atoms with Gasteiger partial charge in [-0.2, -0.15) is 0 Å². The molecule has 0 bridgehead atoms. The average molecular weight is 291 g/mol. The highest BCUT2D eigenvalue weighted by molar-refractivity contribution is 5.90. The second kappa shape index (κ2) is 6.04. The van der Waals surface area contributed by atoms with Gasteiger partial charge in [-0.1, -0.05) is 0 Å². The molecule has 21 heavy (non-hydrogen) atoms. The van der Waals surface area contributed by atoms with Crippen molar-refractivity contribution in [3.63, 3.8) is 0 Å². The Morgan fingerprint density at radius 3 is 2.90 bits per heavy atom. The third kappa shape index (κ3) is 3.16. The first-order valence-corrected chi connectivity index (χ1v) is 5.99. The van der Waals surface area contributed by atoms with E-state index in [1.807, 2.05) is 0 Å². The molecular weight excluding hydrogens is 278 g/mol. The van der Waals surface area contributed by atoms with E-state index in [1.54, 1.807) is 24.1 Å². The number of anilines is 1. The lowest BCUT2D eigenvalue weighted by molar-refractivity contribution is -0.384. The third-order valence-electron chi connectivity index (χ3n) is 2.80. The maximum absolute atomic E-state index is 11.4. The second-order valence-corrected chi connectivity index (χ2v) is 4.25. The largest absolute Gasteiger partial charge is 0.467 e. The molecule has 0 aliphatic rings. The summed E-state index contributed by atoms with van der Waals surface area (Å²) in [4.78, 5) is 27.5. The van der Waals surface area contributed by atoms with Crippen LogP contribution in [0, 0.1) is 10.1 Å². The lowest BCUT2D eigenvalue weighted by Gasteiger charge is -2.16. The molecule has 8 nitrogen and oxygen atoms in total. The van der Waals surface area contributed by atoms with Crippen molar-refractivity contribution >= 4 is 17.5 Å². The number of nitrogens with zero attached hydrogens (tertiary/aromatic N) is 3. The predicted octanol–water partition coefficient (Wildman–Crippen LogP) is 2.01. The molecule has 110 valence electrons. The molecule has 8 heteroatoms. The van der Waals surface area contributed by atoms with Crippen LogP contribution in [0.15, 0.2) is 35.1 Å². The van der Waals surface area contributed by atoms with Crippen molar-refractivity contribution in [3.8, 4) is 0 Å². The van der Waals surface area contributed by atoms with Gasteiger partial charge in [-0.3, -0.25) is 10.1 Å². The number of hydrogen-bond acceptors (Lipinski definition) is 7. The number of hydrogen-bond donors (Lipinski definition) is 0. The minimum atomic E-state index is -0.675. The molecule has 0 unspecified atom stereocenters. The van der Waals surface area contributed by atoms with Gasteiger partial charge in [0.15, 0.2) is 0 Å². The van der Waals surface area contributed by atoms with Crippen molar-refractivity contribution in [2.75, 3.05) is 19.1 Å². The van der Waals surface area contributed by atoms with Gasteiger partial charge in [0, 0.05) is 19.3 Å². The van der Waals surface area contributed by atoms with Gasteiger partial charge in [0.2, 0.25) is 5.82 Å². The topological polar surface area (TPSA) is 98.7 Å². The fourth-order valence-corrected chi connectivity index (χ4v) is 1.82. The highest BCUT2D eigenvalue weighted by Crippen LogP contribution is 2.27. The molecule has 0 amide bonds. The average Bonchev–Trinajstić information content (AvgIpc) is 2.98. The maximum Gasteiger partial charge on any atom is 0.339 e. The van der Waals surface area contributed by atoms with Crippen molar-refractivity contribution in [1.29, 1.82) is 0 Å². The summed E-state index contributed by atoms with van der Waals surface area (Å²) in [6.45, 7) is 0.318. The zero-order valence-electron chi connectivity index (χ0n) is 11.5. The minimum absolute atomic E-state index is 0.0272. The van der Waals surface area contributed by atoms with E-state index in [2.05, 4.69) is 9.72 Å². The summed E-state index contributed by atoms with van der Waals surface area (Å²) in [5.74, 6) is 0.112. The van der Waals surface area contributed by atoms with Gasteiger partial charge in [0.25, 0.3) is 0 Å². The quantitative estimate of drug-likeness (QED) is 0.472. The van der Waals surface area contributed by atoms with Crippen LogP contribution in [0.2, 0.25) is 0 Å². The molecule has 0 fully saturated rings. The Morgan fingerprint density at radius 1 is 1.57 bits per heavy atom. The summed E-state index contributed by atoms with van der Waals surface area (Å²) in [6, 6.07) is 4.63.